The van der Waals surface area contributed by atoms with Crippen molar-refractivity contribution < 1.29 is 35.9 Å². The zero-order chi connectivity index (χ0) is 26.1. The molecule has 13 heteroatoms. The van der Waals surface area contributed by atoms with Gasteiger partial charge in [-0.25, -0.2) is 13.4 Å². The molecule has 2 heterocycles. The number of hydrogen-bond acceptors (Lipinski definition) is 6. The molecule has 2 atom stereocenters. The van der Waals surface area contributed by atoms with Gasteiger partial charge in [-0.3, -0.25) is 14.3 Å². The van der Waals surface area contributed by atoms with E-state index < -0.39 is 39.3 Å². The van der Waals surface area contributed by atoms with Crippen LogP contribution < -0.4 is 14.8 Å². The minimum atomic E-state index is -5.09. The minimum Gasteiger partial charge on any atom is -0.497 e. The summed E-state index contributed by atoms with van der Waals surface area (Å²) in [5.41, 5.74) is 2.12. The Kier molecular flexibility index (Phi) is 6.76. The van der Waals surface area contributed by atoms with E-state index in [0.29, 0.717) is 28.1 Å². The van der Waals surface area contributed by atoms with Crippen LogP contribution in [0.4, 0.5) is 13.2 Å². The maximum Gasteiger partial charge on any atom is 0.471 e. The van der Waals surface area contributed by atoms with E-state index in [0.717, 1.165) is 0 Å². The highest BCUT2D eigenvalue weighted by Crippen LogP contribution is 2.31. The molecule has 9 nitrogen and oxygen atoms in total. The SMILES string of the molecule is COc1ccc(-c2cnc(C(Cc3ccc(C4CC(=O)NS4(=O)=O)cc3)NC(=O)C(F)(F)F)[nH]2)cc1. The van der Waals surface area contributed by atoms with Gasteiger partial charge in [0.15, 0.2) is 0 Å². The summed E-state index contributed by atoms with van der Waals surface area (Å²) in [7, 11) is -2.31. The van der Waals surface area contributed by atoms with Crippen LogP contribution in [-0.2, 0) is 26.0 Å². The lowest BCUT2D eigenvalue weighted by atomic mass is 10.0. The van der Waals surface area contributed by atoms with Crippen LogP contribution in [0.25, 0.3) is 11.3 Å². The summed E-state index contributed by atoms with van der Waals surface area (Å²) in [6, 6.07) is 11.8. The molecule has 2 unspecified atom stereocenters. The Bertz CT molecular complexity index is 1370. The number of aromatic nitrogens is 2. The first-order valence-corrected chi connectivity index (χ1v) is 12.2. The van der Waals surface area contributed by atoms with E-state index in [2.05, 4.69) is 9.97 Å². The van der Waals surface area contributed by atoms with E-state index in [-0.39, 0.29) is 18.7 Å². The number of sulfonamides is 1. The van der Waals surface area contributed by atoms with Crippen molar-refractivity contribution in [1.29, 1.82) is 0 Å². The number of imidazole rings is 1. The molecule has 0 aliphatic carbocycles. The first kappa shape index (κ1) is 25.2. The normalized spacial score (nSPS) is 17.9. The van der Waals surface area contributed by atoms with Crippen LogP contribution in [0.3, 0.4) is 0 Å². The van der Waals surface area contributed by atoms with Gasteiger partial charge >= 0.3 is 12.1 Å². The molecule has 1 saturated heterocycles. The number of benzene rings is 2. The van der Waals surface area contributed by atoms with Gasteiger partial charge in [0.05, 0.1) is 31.5 Å². The average Bonchev–Trinajstić information content (AvgIpc) is 3.42. The molecule has 4 rings (SSSR count). The fourth-order valence-electron chi connectivity index (χ4n) is 3.84. The van der Waals surface area contributed by atoms with Gasteiger partial charge in [0.1, 0.15) is 16.8 Å². The highest BCUT2D eigenvalue weighted by molar-refractivity contribution is 7.90. The van der Waals surface area contributed by atoms with E-state index in [1.165, 1.54) is 37.6 Å². The van der Waals surface area contributed by atoms with Crippen molar-refractivity contribution in [2.24, 2.45) is 0 Å². The van der Waals surface area contributed by atoms with E-state index in [1.54, 1.807) is 24.3 Å². The Balaban J connectivity index is 1.58. The standard InChI is InChI=1S/C23H21F3N4O5S/c1-35-16-8-6-14(7-9-16)18-12-27-21(28-18)17(29-22(32)23(24,25)26)10-13-2-4-15(5-3-13)19-11-20(31)30-36(19,33)34/h2-9,12,17,19H,10-11H2,1H3,(H,27,28)(H,29,32)(H,30,31). The zero-order valence-electron chi connectivity index (χ0n) is 18.8. The maximum atomic E-state index is 13.0. The molecule has 3 N–H and O–H groups in total. The molecule has 190 valence electrons. The van der Waals surface area contributed by atoms with Gasteiger partial charge in [-0.2, -0.15) is 13.2 Å². The maximum absolute atomic E-state index is 13.0. The van der Waals surface area contributed by atoms with Gasteiger partial charge in [0.2, 0.25) is 15.9 Å². The molecule has 1 fully saturated rings. The Labute approximate surface area is 204 Å². The summed E-state index contributed by atoms with van der Waals surface area (Å²) < 4.78 is 70.2. The van der Waals surface area contributed by atoms with Crippen molar-refractivity contribution in [2.45, 2.75) is 30.3 Å². The number of methoxy groups -OCH3 is 1. The summed E-state index contributed by atoms with van der Waals surface area (Å²) in [6.45, 7) is 0. The third-order valence-electron chi connectivity index (χ3n) is 5.68. The smallest absolute Gasteiger partial charge is 0.471 e. The number of nitrogens with one attached hydrogen (secondary N) is 3. The van der Waals surface area contributed by atoms with Crippen molar-refractivity contribution in [1.82, 2.24) is 20.0 Å². The van der Waals surface area contributed by atoms with Crippen LogP contribution in [0.5, 0.6) is 5.75 Å². The topological polar surface area (TPSA) is 130 Å². The number of aromatic amines is 1. The number of carbonyl (C=O) groups excluding carboxylic acids is 2. The number of alkyl halides is 3. The van der Waals surface area contributed by atoms with Gasteiger partial charge in [-0.15, -0.1) is 0 Å². The lowest BCUT2D eigenvalue weighted by Crippen LogP contribution is -2.40. The third kappa shape index (κ3) is 5.51. The molecule has 1 aromatic heterocycles. The Morgan fingerprint density at radius 2 is 1.83 bits per heavy atom. The summed E-state index contributed by atoms with van der Waals surface area (Å²) in [5, 5.41) is 0.921. The predicted molar refractivity (Wildman–Crippen MR) is 122 cm³/mol. The van der Waals surface area contributed by atoms with Gasteiger partial charge in [-0.05, 0) is 47.4 Å². The molecule has 0 bridgehead atoms. The van der Waals surface area contributed by atoms with Crippen molar-refractivity contribution in [3.8, 4) is 17.0 Å². The number of rotatable bonds is 7. The molecule has 2 aromatic carbocycles. The van der Waals surface area contributed by atoms with Crippen LogP contribution in [-0.4, -0.2) is 43.5 Å². The van der Waals surface area contributed by atoms with Crippen LogP contribution >= 0.6 is 0 Å². The zero-order valence-corrected chi connectivity index (χ0v) is 19.6. The lowest BCUT2D eigenvalue weighted by molar-refractivity contribution is -0.174. The van der Waals surface area contributed by atoms with Crippen LogP contribution in [0.2, 0.25) is 0 Å². The molecular formula is C23H21F3N4O5S. The molecule has 0 saturated carbocycles. The highest BCUT2D eigenvalue weighted by atomic mass is 32.2. The van der Waals surface area contributed by atoms with Crippen LogP contribution in [0.1, 0.15) is 34.7 Å². The van der Waals surface area contributed by atoms with Gasteiger partial charge in [0.25, 0.3) is 0 Å². The van der Waals surface area contributed by atoms with Crippen molar-refractivity contribution in [2.75, 3.05) is 7.11 Å². The first-order valence-electron chi connectivity index (χ1n) is 10.7. The highest BCUT2D eigenvalue weighted by Gasteiger charge is 2.40. The molecule has 0 spiro atoms. The number of amides is 2. The summed E-state index contributed by atoms with van der Waals surface area (Å²) in [5.74, 6) is -1.99. The fourth-order valence-corrected chi connectivity index (χ4v) is 5.27. The molecule has 0 radical (unpaired) electrons. The quantitative estimate of drug-likeness (QED) is 0.438. The number of nitrogens with zero attached hydrogens (tertiary/aromatic N) is 1. The largest absolute Gasteiger partial charge is 0.497 e. The van der Waals surface area contributed by atoms with Crippen molar-refractivity contribution in [3.63, 3.8) is 0 Å². The van der Waals surface area contributed by atoms with E-state index >= 15 is 0 Å². The first-order chi connectivity index (χ1) is 17.0. The molecule has 1 aliphatic heterocycles. The van der Waals surface area contributed by atoms with E-state index in [1.807, 2.05) is 10.0 Å². The van der Waals surface area contributed by atoms with Crippen molar-refractivity contribution >= 4 is 21.8 Å². The van der Waals surface area contributed by atoms with Gasteiger partial charge in [-0.1, -0.05) is 24.3 Å². The Hall–Kier alpha value is -3.87. The van der Waals surface area contributed by atoms with E-state index in [9.17, 15) is 31.2 Å². The van der Waals surface area contributed by atoms with Crippen LogP contribution in [0, 0.1) is 0 Å². The Morgan fingerprint density at radius 3 is 2.39 bits per heavy atom. The fraction of sp³-hybridized carbons (Fsp3) is 0.261. The number of H-pyrrole nitrogens is 1. The van der Waals surface area contributed by atoms with E-state index in [4.69, 9.17) is 4.74 Å². The average molecular weight is 523 g/mol. The molecule has 36 heavy (non-hydrogen) atoms. The summed E-state index contributed by atoms with van der Waals surface area (Å²) >= 11 is 0. The second-order valence-electron chi connectivity index (χ2n) is 8.14. The molecule has 1 aliphatic rings. The third-order valence-corrected chi connectivity index (χ3v) is 7.38. The number of ether oxygens (including phenoxy) is 1. The molecule has 2 amide bonds. The number of hydrogen-bond donors (Lipinski definition) is 3. The second kappa shape index (κ2) is 9.64. The summed E-state index contributed by atoms with van der Waals surface area (Å²) in [6.07, 6.45) is -3.93. The minimum absolute atomic E-state index is 0.0632. The lowest BCUT2D eigenvalue weighted by Gasteiger charge is -2.18. The number of carbonyl (C=O) groups is 2. The second-order valence-corrected chi connectivity index (χ2v) is 10.0. The monoisotopic (exact) mass is 522 g/mol. The van der Waals surface area contributed by atoms with Crippen LogP contribution in [0.15, 0.2) is 54.7 Å². The summed E-state index contributed by atoms with van der Waals surface area (Å²) in [4.78, 5) is 30.3. The van der Waals surface area contributed by atoms with Gasteiger partial charge < -0.3 is 15.0 Å². The van der Waals surface area contributed by atoms with Crippen molar-refractivity contribution in [3.05, 3.63) is 71.7 Å². The molecular weight excluding hydrogens is 501 g/mol. The van der Waals surface area contributed by atoms with Gasteiger partial charge in [0, 0.05) is 0 Å². The molecule has 3 aromatic rings. The number of halogens is 3. The Morgan fingerprint density at radius 1 is 1.17 bits per heavy atom. The predicted octanol–water partition coefficient (Wildman–Crippen LogP) is 2.94.